The van der Waals surface area contributed by atoms with Gasteiger partial charge in [-0.05, 0) is 60.9 Å². The average Bonchev–Trinajstić information content (AvgIpc) is 3.26. The monoisotopic (exact) mass is 526 g/mol. The summed E-state index contributed by atoms with van der Waals surface area (Å²) in [5.41, 5.74) is 10.4. The molecule has 2 aromatic heterocycles. The lowest BCUT2D eigenvalue weighted by atomic mass is 10.0. The van der Waals surface area contributed by atoms with E-state index in [1.165, 1.54) is 0 Å². The standard InChI is InChI=1S/C28H23BrN4O2/c29-20-15-12-19(13-16-20)28(35)33-32-26(34)11-5-8-22-21-7-2-4-10-24(21)31-27(22)25-17-14-18-6-1-3-9-23(18)30-25/h1-4,6-7,9-10,12-17,31H,5,8,11H2,(H,32,34)(H,33,35). The van der Waals surface area contributed by atoms with Gasteiger partial charge < -0.3 is 4.98 Å². The number of carbonyl (C=O) groups excluding carboxylic acids is 2. The normalized spacial score (nSPS) is 11.0. The Hall–Kier alpha value is -3.97. The summed E-state index contributed by atoms with van der Waals surface area (Å²) < 4.78 is 0.883. The Kier molecular flexibility index (Phi) is 6.59. The van der Waals surface area contributed by atoms with Gasteiger partial charge in [-0.2, -0.15) is 0 Å². The number of pyridine rings is 1. The second-order valence-electron chi connectivity index (χ2n) is 8.28. The molecule has 0 unspecified atom stereocenters. The van der Waals surface area contributed by atoms with Crippen LogP contribution in [0, 0.1) is 0 Å². The van der Waals surface area contributed by atoms with Crippen LogP contribution in [-0.2, 0) is 11.2 Å². The van der Waals surface area contributed by atoms with Crippen LogP contribution in [0.4, 0.5) is 0 Å². The van der Waals surface area contributed by atoms with E-state index in [1.807, 2.05) is 48.5 Å². The molecule has 0 aliphatic heterocycles. The van der Waals surface area contributed by atoms with Gasteiger partial charge >= 0.3 is 0 Å². The first-order chi connectivity index (χ1) is 17.1. The van der Waals surface area contributed by atoms with Crippen molar-refractivity contribution in [3.05, 3.63) is 101 Å². The molecule has 0 atom stereocenters. The molecule has 5 rings (SSSR count). The fourth-order valence-electron chi connectivity index (χ4n) is 4.17. The van der Waals surface area contributed by atoms with Crippen molar-refractivity contribution in [3.8, 4) is 11.4 Å². The third-order valence-electron chi connectivity index (χ3n) is 5.92. The number of hydrogen-bond donors (Lipinski definition) is 3. The van der Waals surface area contributed by atoms with Gasteiger partial charge in [0.25, 0.3) is 5.91 Å². The molecule has 0 aliphatic carbocycles. The van der Waals surface area contributed by atoms with E-state index in [0.29, 0.717) is 18.4 Å². The van der Waals surface area contributed by atoms with Crippen LogP contribution in [0.2, 0.25) is 0 Å². The highest BCUT2D eigenvalue weighted by Gasteiger charge is 2.15. The van der Waals surface area contributed by atoms with Crippen molar-refractivity contribution >= 4 is 49.6 Å². The van der Waals surface area contributed by atoms with Gasteiger partial charge in [0.1, 0.15) is 0 Å². The smallest absolute Gasteiger partial charge is 0.269 e. The second-order valence-corrected chi connectivity index (χ2v) is 9.19. The van der Waals surface area contributed by atoms with Gasteiger partial charge in [0.15, 0.2) is 0 Å². The summed E-state index contributed by atoms with van der Waals surface area (Å²) in [4.78, 5) is 33.0. The van der Waals surface area contributed by atoms with Crippen molar-refractivity contribution in [2.75, 3.05) is 0 Å². The lowest BCUT2D eigenvalue weighted by Gasteiger charge is -2.09. The number of benzene rings is 3. The number of aryl methyl sites for hydroxylation is 1. The summed E-state index contributed by atoms with van der Waals surface area (Å²) >= 11 is 3.34. The highest BCUT2D eigenvalue weighted by molar-refractivity contribution is 9.10. The molecule has 0 saturated heterocycles. The molecule has 0 bridgehead atoms. The number of amides is 2. The molecule has 0 spiro atoms. The Balaban J connectivity index is 1.28. The number of aromatic nitrogens is 2. The minimum absolute atomic E-state index is 0.235. The number of para-hydroxylation sites is 2. The van der Waals surface area contributed by atoms with E-state index in [0.717, 1.165) is 43.2 Å². The highest BCUT2D eigenvalue weighted by Crippen LogP contribution is 2.31. The Morgan fingerprint density at radius 2 is 1.63 bits per heavy atom. The molecule has 0 aliphatic rings. The van der Waals surface area contributed by atoms with E-state index < -0.39 is 0 Å². The van der Waals surface area contributed by atoms with Crippen molar-refractivity contribution < 1.29 is 9.59 Å². The summed E-state index contributed by atoms with van der Waals surface area (Å²) in [5.74, 6) is -0.590. The van der Waals surface area contributed by atoms with Crippen molar-refractivity contribution in [2.45, 2.75) is 19.3 Å². The fourth-order valence-corrected chi connectivity index (χ4v) is 4.44. The number of halogens is 1. The van der Waals surface area contributed by atoms with Gasteiger partial charge in [-0.15, -0.1) is 0 Å². The van der Waals surface area contributed by atoms with Crippen LogP contribution in [0.5, 0.6) is 0 Å². The molecule has 2 heterocycles. The summed E-state index contributed by atoms with van der Waals surface area (Å²) in [6, 6.07) is 27.2. The van der Waals surface area contributed by atoms with E-state index in [9.17, 15) is 9.59 Å². The highest BCUT2D eigenvalue weighted by atomic mass is 79.9. The second kappa shape index (κ2) is 10.1. The van der Waals surface area contributed by atoms with Crippen molar-refractivity contribution in [1.82, 2.24) is 20.8 Å². The van der Waals surface area contributed by atoms with E-state index in [-0.39, 0.29) is 18.2 Å². The Bertz CT molecular complexity index is 1530. The van der Waals surface area contributed by atoms with Crippen molar-refractivity contribution in [3.63, 3.8) is 0 Å². The number of aromatic amines is 1. The number of rotatable bonds is 6. The minimum atomic E-state index is -0.354. The number of fused-ring (bicyclic) bond motifs is 2. The fraction of sp³-hybridized carbons (Fsp3) is 0.107. The van der Waals surface area contributed by atoms with Crippen LogP contribution in [0.25, 0.3) is 33.2 Å². The quantitative estimate of drug-likeness (QED) is 0.239. The summed E-state index contributed by atoms with van der Waals surface area (Å²) in [5, 5.41) is 2.22. The number of H-pyrrole nitrogens is 1. The molecule has 3 aromatic carbocycles. The molecule has 3 N–H and O–H groups in total. The zero-order valence-corrected chi connectivity index (χ0v) is 20.4. The topological polar surface area (TPSA) is 86.9 Å². The summed E-state index contributed by atoms with van der Waals surface area (Å²) in [6.45, 7) is 0. The first-order valence-electron chi connectivity index (χ1n) is 11.4. The zero-order chi connectivity index (χ0) is 24.2. The molecule has 0 saturated carbocycles. The summed E-state index contributed by atoms with van der Waals surface area (Å²) in [7, 11) is 0. The molecule has 2 amide bonds. The van der Waals surface area contributed by atoms with Crippen LogP contribution in [-0.4, -0.2) is 21.8 Å². The number of carbonyl (C=O) groups is 2. The molecule has 6 nitrogen and oxygen atoms in total. The van der Waals surface area contributed by atoms with Gasteiger partial charge in [-0.25, -0.2) is 4.98 Å². The molecule has 35 heavy (non-hydrogen) atoms. The molecule has 174 valence electrons. The van der Waals surface area contributed by atoms with Crippen molar-refractivity contribution in [1.29, 1.82) is 0 Å². The molecule has 5 aromatic rings. The lowest BCUT2D eigenvalue weighted by molar-refractivity contribution is -0.121. The lowest BCUT2D eigenvalue weighted by Crippen LogP contribution is -2.41. The Morgan fingerprint density at radius 3 is 2.49 bits per heavy atom. The number of hydrazine groups is 1. The molecular weight excluding hydrogens is 504 g/mol. The van der Waals surface area contributed by atoms with Gasteiger partial charge in [0.05, 0.1) is 16.9 Å². The first-order valence-corrected chi connectivity index (χ1v) is 12.2. The molecular formula is C28H23BrN4O2. The molecule has 0 fully saturated rings. The SMILES string of the molecule is O=C(CCCc1c(-c2ccc3ccccc3n2)[nH]c2ccccc12)NNC(=O)c1ccc(Br)cc1. The third kappa shape index (κ3) is 5.10. The largest absolute Gasteiger partial charge is 0.353 e. The van der Waals surface area contributed by atoms with E-state index in [1.54, 1.807) is 24.3 Å². The average molecular weight is 527 g/mol. The zero-order valence-electron chi connectivity index (χ0n) is 18.8. The van der Waals surface area contributed by atoms with Crippen LogP contribution < -0.4 is 10.9 Å². The molecule has 0 radical (unpaired) electrons. The number of nitrogens with zero attached hydrogens (tertiary/aromatic N) is 1. The third-order valence-corrected chi connectivity index (χ3v) is 6.45. The van der Waals surface area contributed by atoms with E-state index >= 15 is 0 Å². The van der Waals surface area contributed by atoms with E-state index in [4.69, 9.17) is 4.98 Å². The minimum Gasteiger partial charge on any atom is -0.353 e. The number of nitrogens with one attached hydrogen (secondary N) is 3. The van der Waals surface area contributed by atoms with Gasteiger partial charge in [-0.1, -0.05) is 58.4 Å². The van der Waals surface area contributed by atoms with Gasteiger partial charge in [0.2, 0.25) is 5.91 Å². The maximum atomic E-state index is 12.4. The Labute approximate surface area is 210 Å². The predicted octanol–water partition coefficient (Wildman–Crippen LogP) is 5.93. The van der Waals surface area contributed by atoms with Gasteiger partial charge in [-0.3, -0.25) is 20.4 Å². The van der Waals surface area contributed by atoms with Crippen LogP contribution in [0.3, 0.4) is 0 Å². The van der Waals surface area contributed by atoms with Crippen LogP contribution >= 0.6 is 15.9 Å². The number of hydrogen-bond acceptors (Lipinski definition) is 3. The van der Waals surface area contributed by atoms with E-state index in [2.05, 4.69) is 43.9 Å². The van der Waals surface area contributed by atoms with Crippen LogP contribution in [0.1, 0.15) is 28.8 Å². The maximum Gasteiger partial charge on any atom is 0.269 e. The maximum absolute atomic E-state index is 12.4. The Morgan fingerprint density at radius 1 is 0.857 bits per heavy atom. The first kappa shape index (κ1) is 22.8. The van der Waals surface area contributed by atoms with Gasteiger partial charge in [0, 0.05) is 32.7 Å². The predicted molar refractivity (Wildman–Crippen MR) is 142 cm³/mol. The molecule has 7 heteroatoms. The summed E-state index contributed by atoms with van der Waals surface area (Å²) in [6.07, 6.45) is 1.61. The van der Waals surface area contributed by atoms with Crippen LogP contribution in [0.15, 0.2) is 89.4 Å². The van der Waals surface area contributed by atoms with Crippen molar-refractivity contribution in [2.24, 2.45) is 0 Å².